The summed E-state index contributed by atoms with van der Waals surface area (Å²) in [5.74, 6) is 0. The zero-order valence-corrected chi connectivity index (χ0v) is 11.6. The lowest BCUT2D eigenvalue weighted by Gasteiger charge is -2.29. The van der Waals surface area contributed by atoms with E-state index in [9.17, 15) is 0 Å². The third-order valence-electron chi connectivity index (χ3n) is 3.62. The van der Waals surface area contributed by atoms with Crippen LogP contribution in [0.5, 0.6) is 0 Å². The van der Waals surface area contributed by atoms with Crippen LogP contribution >= 0.6 is 0 Å². The van der Waals surface area contributed by atoms with E-state index in [4.69, 9.17) is 9.84 Å². The molecule has 1 aliphatic heterocycles. The topological polar surface area (TPSA) is 44.7 Å². The van der Waals surface area contributed by atoms with Gasteiger partial charge in [-0.15, -0.1) is 0 Å². The maximum atomic E-state index is 9.14. The molecule has 1 atom stereocenters. The Balaban J connectivity index is 1.87. The van der Waals surface area contributed by atoms with Crippen LogP contribution in [0.1, 0.15) is 18.9 Å². The lowest BCUT2D eigenvalue weighted by molar-refractivity contribution is 0.122. The second kappa shape index (κ2) is 7.48. The lowest BCUT2D eigenvalue weighted by Crippen LogP contribution is -2.36. The molecule has 1 aromatic carbocycles. The van der Waals surface area contributed by atoms with E-state index < -0.39 is 0 Å². The highest BCUT2D eigenvalue weighted by atomic mass is 16.5. The lowest BCUT2D eigenvalue weighted by atomic mass is 10.1. The molecule has 1 saturated heterocycles. The standard InChI is InChI=1S/C15H24N2O2/c1-2-14(12-18)16-11-13-3-5-15(6-4-13)17-7-9-19-10-8-17/h3-6,14,16,18H,2,7-12H2,1H3. The molecule has 1 aromatic rings. The summed E-state index contributed by atoms with van der Waals surface area (Å²) in [6, 6.07) is 8.84. The molecule has 1 aliphatic rings. The first-order valence-corrected chi connectivity index (χ1v) is 7.09. The maximum Gasteiger partial charge on any atom is 0.0642 e. The Bertz CT molecular complexity index is 357. The van der Waals surface area contributed by atoms with Gasteiger partial charge in [-0.1, -0.05) is 19.1 Å². The number of hydrogen-bond donors (Lipinski definition) is 2. The largest absolute Gasteiger partial charge is 0.395 e. The van der Waals surface area contributed by atoms with Crippen molar-refractivity contribution in [3.05, 3.63) is 29.8 Å². The number of nitrogens with zero attached hydrogens (tertiary/aromatic N) is 1. The first-order valence-electron chi connectivity index (χ1n) is 7.09. The summed E-state index contributed by atoms with van der Waals surface area (Å²) in [6.45, 7) is 6.66. The van der Waals surface area contributed by atoms with Gasteiger partial charge in [-0.25, -0.2) is 0 Å². The van der Waals surface area contributed by atoms with Gasteiger partial charge in [0.15, 0.2) is 0 Å². The summed E-state index contributed by atoms with van der Waals surface area (Å²) in [4.78, 5) is 2.35. The quantitative estimate of drug-likeness (QED) is 0.815. The summed E-state index contributed by atoms with van der Waals surface area (Å²) in [7, 11) is 0. The minimum atomic E-state index is 0.193. The van der Waals surface area contributed by atoms with Gasteiger partial charge in [-0.2, -0.15) is 0 Å². The van der Waals surface area contributed by atoms with Crippen LogP contribution in [0.25, 0.3) is 0 Å². The van der Waals surface area contributed by atoms with Gasteiger partial charge < -0.3 is 20.1 Å². The number of ether oxygens (including phenoxy) is 1. The predicted molar refractivity (Wildman–Crippen MR) is 77.5 cm³/mol. The van der Waals surface area contributed by atoms with E-state index in [0.29, 0.717) is 0 Å². The van der Waals surface area contributed by atoms with Gasteiger partial charge in [0, 0.05) is 31.4 Å². The third-order valence-corrected chi connectivity index (χ3v) is 3.62. The number of nitrogens with one attached hydrogen (secondary N) is 1. The second-order valence-electron chi connectivity index (χ2n) is 4.93. The van der Waals surface area contributed by atoms with Gasteiger partial charge in [-0.3, -0.25) is 0 Å². The Morgan fingerprint density at radius 1 is 1.26 bits per heavy atom. The minimum absolute atomic E-state index is 0.193. The summed E-state index contributed by atoms with van der Waals surface area (Å²) in [5.41, 5.74) is 2.52. The highest BCUT2D eigenvalue weighted by Crippen LogP contribution is 2.16. The Morgan fingerprint density at radius 2 is 1.95 bits per heavy atom. The fraction of sp³-hybridized carbons (Fsp3) is 0.600. The van der Waals surface area contributed by atoms with Crippen molar-refractivity contribution < 1.29 is 9.84 Å². The number of aliphatic hydroxyl groups is 1. The van der Waals surface area contributed by atoms with Crippen LogP contribution in [-0.4, -0.2) is 44.1 Å². The average molecular weight is 264 g/mol. The molecule has 4 nitrogen and oxygen atoms in total. The van der Waals surface area contributed by atoms with E-state index in [2.05, 4.69) is 41.4 Å². The molecule has 1 fully saturated rings. The molecule has 0 aliphatic carbocycles. The van der Waals surface area contributed by atoms with Crippen LogP contribution in [-0.2, 0) is 11.3 Å². The van der Waals surface area contributed by atoms with Gasteiger partial charge >= 0.3 is 0 Å². The van der Waals surface area contributed by atoms with E-state index in [1.165, 1.54) is 11.3 Å². The van der Waals surface area contributed by atoms with Crippen molar-refractivity contribution in [2.75, 3.05) is 37.8 Å². The van der Waals surface area contributed by atoms with Crippen molar-refractivity contribution >= 4 is 5.69 Å². The van der Waals surface area contributed by atoms with Crippen molar-refractivity contribution in [2.24, 2.45) is 0 Å². The van der Waals surface area contributed by atoms with Gasteiger partial charge in [0.2, 0.25) is 0 Å². The fourth-order valence-corrected chi connectivity index (χ4v) is 2.25. The van der Waals surface area contributed by atoms with E-state index >= 15 is 0 Å². The number of benzene rings is 1. The fourth-order valence-electron chi connectivity index (χ4n) is 2.25. The summed E-state index contributed by atoms with van der Waals surface area (Å²) < 4.78 is 5.36. The number of rotatable bonds is 6. The van der Waals surface area contributed by atoms with Crippen LogP contribution in [0.4, 0.5) is 5.69 Å². The van der Waals surface area contributed by atoms with Gasteiger partial charge in [0.1, 0.15) is 0 Å². The maximum absolute atomic E-state index is 9.14. The van der Waals surface area contributed by atoms with Gasteiger partial charge in [-0.05, 0) is 24.1 Å². The zero-order chi connectivity index (χ0) is 13.5. The van der Waals surface area contributed by atoms with E-state index in [-0.39, 0.29) is 12.6 Å². The van der Waals surface area contributed by atoms with Gasteiger partial charge in [0.05, 0.1) is 19.8 Å². The normalized spacial score (nSPS) is 17.5. The molecule has 0 saturated carbocycles. The van der Waals surface area contributed by atoms with Crippen molar-refractivity contribution in [3.8, 4) is 0 Å². The molecule has 0 bridgehead atoms. The van der Waals surface area contributed by atoms with E-state index in [1.807, 2.05) is 0 Å². The molecule has 106 valence electrons. The Morgan fingerprint density at radius 3 is 2.53 bits per heavy atom. The SMILES string of the molecule is CCC(CO)NCc1ccc(N2CCOCC2)cc1. The highest BCUT2D eigenvalue weighted by Gasteiger charge is 2.10. The van der Waals surface area contributed by atoms with Crippen LogP contribution in [0.2, 0.25) is 0 Å². The van der Waals surface area contributed by atoms with Crippen molar-refractivity contribution in [2.45, 2.75) is 25.9 Å². The predicted octanol–water partition coefficient (Wildman–Crippen LogP) is 1.38. The highest BCUT2D eigenvalue weighted by molar-refractivity contribution is 5.47. The Labute approximate surface area is 115 Å². The Kier molecular flexibility index (Phi) is 5.63. The smallest absolute Gasteiger partial charge is 0.0642 e. The molecule has 19 heavy (non-hydrogen) atoms. The second-order valence-corrected chi connectivity index (χ2v) is 4.93. The monoisotopic (exact) mass is 264 g/mol. The molecule has 1 heterocycles. The molecule has 2 N–H and O–H groups in total. The third kappa shape index (κ3) is 4.20. The van der Waals surface area contributed by atoms with Gasteiger partial charge in [0.25, 0.3) is 0 Å². The van der Waals surface area contributed by atoms with Crippen molar-refractivity contribution in [1.82, 2.24) is 5.32 Å². The zero-order valence-electron chi connectivity index (χ0n) is 11.6. The first kappa shape index (κ1) is 14.3. The number of aliphatic hydroxyl groups excluding tert-OH is 1. The van der Waals surface area contributed by atoms with Crippen LogP contribution < -0.4 is 10.2 Å². The number of hydrogen-bond acceptors (Lipinski definition) is 4. The molecular formula is C15H24N2O2. The van der Waals surface area contributed by atoms with E-state index in [0.717, 1.165) is 39.3 Å². The molecule has 2 rings (SSSR count). The molecule has 1 unspecified atom stereocenters. The first-order chi connectivity index (χ1) is 9.33. The molecular weight excluding hydrogens is 240 g/mol. The number of anilines is 1. The summed E-state index contributed by atoms with van der Waals surface area (Å²) in [6.07, 6.45) is 0.947. The summed E-state index contributed by atoms with van der Waals surface area (Å²) in [5, 5.41) is 12.5. The molecule has 4 heteroatoms. The van der Waals surface area contributed by atoms with Crippen LogP contribution in [0.3, 0.4) is 0 Å². The van der Waals surface area contributed by atoms with Crippen molar-refractivity contribution in [3.63, 3.8) is 0 Å². The molecule has 0 amide bonds. The molecule has 0 spiro atoms. The van der Waals surface area contributed by atoms with Crippen LogP contribution in [0, 0.1) is 0 Å². The number of morpholine rings is 1. The molecule has 0 aromatic heterocycles. The van der Waals surface area contributed by atoms with E-state index in [1.54, 1.807) is 0 Å². The van der Waals surface area contributed by atoms with Crippen LogP contribution in [0.15, 0.2) is 24.3 Å². The minimum Gasteiger partial charge on any atom is -0.395 e. The summed E-state index contributed by atoms with van der Waals surface area (Å²) >= 11 is 0. The van der Waals surface area contributed by atoms with Crippen molar-refractivity contribution in [1.29, 1.82) is 0 Å². The average Bonchev–Trinajstić information content (AvgIpc) is 2.50. The Hall–Kier alpha value is -1.10. The molecule has 0 radical (unpaired) electrons.